The van der Waals surface area contributed by atoms with Crippen LogP contribution in [-0.2, 0) is 4.79 Å². The second-order valence-electron chi connectivity index (χ2n) is 3.45. The number of carboxylic acids is 1. The summed E-state index contributed by atoms with van der Waals surface area (Å²) >= 11 is 0. The van der Waals surface area contributed by atoms with Gasteiger partial charge in [0.15, 0.2) is 0 Å². The maximum atomic E-state index is 10.0. The molecule has 0 aromatic heterocycles. The van der Waals surface area contributed by atoms with Crippen LogP contribution in [0, 0.1) is 5.41 Å². The zero-order valence-corrected chi connectivity index (χ0v) is 7.27. The van der Waals surface area contributed by atoms with Crippen LogP contribution in [0.25, 0.3) is 0 Å². The average molecular weight is 138 g/mol. The Morgan fingerprint density at radius 3 is 2.00 bits per heavy atom. The Labute approximate surface area is 75.7 Å². The van der Waals surface area contributed by atoms with Crippen molar-refractivity contribution in [3.8, 4) is 0 Å². The fraction of sp³-hybridized carbons (Fsp3) is 0.857. The molecule has 2 nitrogen and oxygen atoms in total. The first-order valence-electron chi connectivity index (χ1n) is 3.13. The molecule has 0 saturated carbocycles. The number of rotatable bonds is 2. The van der Waals surface area contributed by atoms with Crippen molar-refractivity contribution >= 4 is 5.97 Å². The van der Waals surface area contributed by atoms with Crippen molar-refractivity contribution in [2.45, 2.75) is 33.6 Å². The minimum atomic E-state index is -0.704. The fourth-order valence-corrected chi connectivity index (χ4v) is 0.482. The van der Waals surface area contributed by atoms with E-state index < -0.39 is 5.97 Å². The van der Waals surface area contributed by atoms with Crippen molar-refractivity contribution in [3.05, 3.63) is 0 Å². The maximum Gasteiger partial charge on any atom is 1.00 e. The molecule has 0 aliphatic rings. The minimum Gasteiger partial charge on any atom is -1.00 e. The summed E-state index contributed by atoms with van der Waals surface area (Å²) in [4.78, 5) is 10.0. The van der Waals surface area contributed by atoms with Gasteiger partial charge in [-0.15, -0.1) is 0 Å². The van der Waals surface area contributed by atoms with Crippen molar-refractivity contribution in [2.75, 3.05) is 0 Å². The summed E-state index contributed by atoms with van der Waals surface area (Å²) < 4.78 is 0. The molecule has 0 saturated heterocycles. The Balaban J connectivity index is -0.000000320. The first-order valence-corrected chi connectivity index (χ1v) is 3.13. The predicted octanol–water partition coefficient (Wildman–Crippen LogP) is -0.986. The Morgan fingerprint density at radius 2 is 1.90 bits per heavy atom. The van der Waals surface area contributed by atoms with Gasteiger partial charge in [0.25, 0.3) is 0 Å². The Bertz CT molecular complexity index is 109. The Kier molecular flexibility index (Phi) is 6.13. The van der Waals surface area contributed by atoms with Gasteiger partial charge in [-0.05, 0) is 11.8 Å². The zero-order chi connectivity index (χ0) is 7.49. The molecule has 0 unspecified atom stereocenters. The van der Waals surface area contributed by atoms with Gasteiger partial charge in [0.1, 0.15) is 0 Å². The van der Waals surface area contributed by atoms with E-state index in [9.17, 15) is 4.79 Å². The molecule has 0 aliphatic carbocycles. The van der Waals surface area contributed by atoms with Crippen LogP contribution in [-0.4, -0.2) is 11.1 Å². The van der Waals surface area contributed by atoms with Gasteiger partial charge in [0.05, 0.1) is 0 Å². The van der Waals surface area contributed by atoms with E-state index in [0.29, 0.717) is 0 Å². The maximum absolute atomic E-state index is 10.0. The van der Waals surface area contributed by atoms with Crippen LogP contribution in [0.3, 0.4) is 0 Å². The molecule has 56 valence electrons. The van der Waals surface area contributed by atoms with E-state index in [1.54, 1.807) is 0 Å². The van der Waals surface area contributed by atoms with Gasteiger partial charge in [-0.3, -0.25) is 4.79 Å². The summed E-state index contributed by atoms with van der Waals surface area (Å²) in [5.41, 5.74) is 0.151. The van der Waals surface area contributed by atoms with Crippen LogP contribution in [0.4, 0.5) is 0 Å². The summed E-state index contributed by atoms with van der Waals surface area (Å²) in [6, 6.07) is 0. The van der Waals surface area contributed by atoms with Crippen LogP contribution < -0.4 is 18.9 Å². The molecule has 0 radical (unpaired) electrons. The average Bonchev–Trinajstić information content (AvgIpc) is 1.59. The Hall–Kier alpha value is 0.0674. The van der Waals surface area contributed by atoms with Crippen molar-refractivity contribution in [1.82, 2.24) is 0 Å². The fourth-order valence-electron chi connectivity index (χ4n) is 0.482. The number of hydrogen-bond acceptors (Lipinski definition) is 1. The summed E-state index contributed by atoms with van der Waals surface area (Å²) in [5, 5.41) is 8.28. The number of aliphatic carboxylic acids is 1. The smallest absolute Gasteiger partial charge is 1.00 e. The second kappa shape index (κ2) is 4.82. The Morgan fingerprint density at radius 1 is 1.50 bits per heavy atom. The van der Waals surface area contributed by atoms with E-state index in [1.807, 2.05) is 20.8 Å². The first-order chi connectivity index (χ1) is 3.92. The molecular formula is C7H15LiO2. The summed E-state index contributed by atoms with van der Waals surface area (Å²) in [5.74, 6) is -0.704. The molecule has 0 bridgehead atoms. The third-order valence-electron chi connectivity index (χ3n) is 1.09. The molecule has 0 amide bonds. The second-order valence-corrected chi connectivity index (χ2v) is 3.45. The van der Waals surface area contributed by atoms with Crippen LogP contribution in [0.15, 0.2) is 0 Å². The molecule has 3 heteroatoms. The molecule has 0 aliphatic heterocycles. The van der Waals surface area contributed by atoms with Crippen LogP contribution in [0.5, 0.6) is 0 Å². The normalized spacial score (nSPS) is 10.3. The van der Waals surface area contributed by atoms with E-state index in [-0.39, 0.29) is 32.1 Å². The molecule has 0 aromatic carbocycles. The quantitative estimate of drug-likeness (QED) is 0.498. The van der Waals surface area contributed by atoms with Gasteiger partial charge < -0.3 is 6.53 Å². The van der Waals surface area contributed by atoms with Crippen LogP contribution >= 0.6 is 0 Å². The third kappa shape index (κ3) is 10.9. The summed E-state index contributed by atoms with van der Waals surface area (Å²) in [6.45, 7) is 6.11. The zero-order valence-electron chi connectivity index (χ0n) is 8.27. The van der Waals surface area contributed by atoms with E-state index in [0.717, 1.165) is 6.42 Å². The number of hydrogen-bond donors (Lipinski definition) is 1. The predicted molar refractivity (Wildman–Crippen MR) is 37.4 cm³/mol. The van der Waals surface area contributed by atoms with Crippen molar-refractivity contribution in [2.24, 2.45) is 5.41 Å². The summed E-state index contributed by atoms with van der Waals surface area (Å²) in [7, 11) is 0. The number of carbonyl (C=O) groups is 1. The van der Waals surface area contributed by atoms with Gasteiger partial charge in [-0.25, -0.2) is 0 Å². The molecule has 1 N–H and O–H groups in total. The van der Waals surface area contributed by atoms with Gasteiger partial charge in [0.2, 0.25) is 0 Å². The van der Waals surface area contributed by atoms with E-state index in [1.165, 1.54) is 0 Å². The SMILES string of the molecule is CC(C)(C)CCC(=O)O.[H-].[Li+]. The largest absolute Gasteiger partial charge is 1.00 e. The van der Waals surface area contributed by atoms with Gasteiger partial charge in [-0.1, -0.05) is 20.8 Å². The molecule has 0 fully saturated rings. The van der Waals surface area contributed by atoms with Gasteiger partial charge >= 0.3 is 24.8 Å². The van der Waals surface area contributed by atoms with Gasteiger partial charge in [0, 0.05) is 6.42 Å². The van der Waals surface area contributed by atoms with Crippen molar-refractivity contribution < 1.29 is 30.2 Å². The van der Waals surface area contributed by atoms with Gasteiger partial charge in [-0.2, -0.15) is 0 Å². The summed E-state index contributed by atoms with van der Waals surface area (Å²) in [6.07, 6.45) is 1.03. The van der Waals surface area contributed by atoms with Crippen molar-refractivity contribution in [3.63, 3.8) is 0 Å². The molecule has 0 rings (SSSR count). The molecule has 0 aromatic rings. The topological polar surface area (TPSA) is 37.3 Å². The first kappa shape index (κ1) is 12.7. The van der Waals surface area contributed by atoms with E-state index >= 15 is 0 Å². The van der Waals surface area contributed by atoms with E-state index in [2.05, 4.69) is 0 Å². The number of carboxylic acid groups (broad SMARTS) is 1. The molecular weight excluding hydrogens is 123 g/mol. The monoisotopic (exact) mass is 138 g/mol. The molecule has 10 heavy (non-hydrogen) atoms. The molecule has 0 atom stereocenters. The van der Waals surface area contributed by atoms with E-state index in [4.69, 9.17) is 5.11 Å². The standard InChI is InChI=1S/C7H14O2.Li.H/c1-7(2,3)5-4-6(8)9;;/h4-5H2,1-3H3,(H,8,9);;/q;+1;-1. The molecule has 0 spiro atoms. The van der Waals surface area contributed by atoms with Crippen LogP contribution in [0.2, 0.25) is 0 Å². The molecule has 0 heterocycles. The third-order valence-corrected chi connectivity index (χ3v) is 1.09. The van der Waals surface area contributed by atoms with Crippen molar-refractivity contribution in [1.29, 1.82) is 0 Å². The minimum absolute atomic E-state index is 0. The van der Waals surface area contributed by atoms with Crippen LogP contribution in [0.1, 0.15) is 35.0 Å².